The summed E-state index contributed by atoms with van der Waals surface area (Å²) in [6.07, 6.45) is 5.96. The number of ether oxygens (including phenoxy) is 1. The summed E-state index contributed by atoms with van der Waals surface area (Å²) in [6, 6.07) is 12.4. The number of hydrogen-bond acceptors (Lipinski definition) is 4. The molecular weight excluding hydrogens is 362 g/mol. The van der Waals surface area contributed by atoms with Crippen LogP contribution < -0.4 is 4.74 Å². The third-order valence-electron chi connectivity index (χ3n) is 7.12. The van der Waals surface area contributed by atoms with Crippen LogP contribution in [0.3, 0.4) is 0 Å². The summed E-state index contributed by atoms with van der Waals surface area (Å²) < 4.78 is 5.23. The Labute approximate surface area is 172 Å². The first-order valence-electron chi connectivity index (χ1n) is 10.8. The van der Waals surface area contributed by atoms with Gasteiger partial charge in [0, 0.05) is 31.8 Å². The van der Waals surface area contributed by atoms with Crippen molar-refractivity contribution in [2.75, 3.05) is 33.3 Å². The van der Waals surface area contributed by atoms with Crippen LogP contribution in [0.1, 0.15) is 42.0 Å². The molecule has 1 aromatic carbocycles. The summed E-state index contributed by atoms with van der Waals surface area (Å²) in [6.45, 7) is 4.29. The second kappa shape index (κ2) is 7.79. The average molecular weight is 392 g/mol. The van der Waals surface area contributed by atoms with E-state index in [4.69, 9.17) is 4.74 Å². The lowest BCUT2D eigenvalue weighted by Crippen LogP contribution is -2.49. The monoisotopic (exact) mass is 391 g/mol. The van der Waals surface area contributed by atoms with Gasteiger partial charge in [0.15, 0.2) is 0 Å². The third-order valence-corrected chi connectivity index (χ3v) is 7.12. The van der Waals surface area contributed by atoms with Crippen molar-refractivity contribution >= 4 is 5.91 Å². The van der Waals surface area contributed by atoms with Crippen molar-refractivity contribution in [1.29, 1.82) is 0 Å². The van der Waals surface area contributed by atoms with Crippen LogP contribution in [0.4, 0.5) is 0 Å². The lowest BCUT2D eigenvalue weighted by molar-refractivity contribution is -0.136. The van der Waals surface area contributed by atoms with Crippen LogP contribution in [0.2, 0.25) is 0 Å². The highest BCUT2D eigenvalue weighted by molar-refractivity contribution is 5.78. The van der Waals surface area contributed by atoms with E-state index in [1.165, 1.54) is 37.1 Å². The van der Waals surface area contributed by atoms with Gasteiger partial charge in [-0.2, -0.15) is 0 Å². The average Bonchev–Trinajstić information content (AvgIpc) is 2.79. The fraction of sp³-hybridized carbons (Fsp3) is 0.500. The summed E-state index contributed by atoms with van der Waals surface area (Å²) in [5, 5.41) is 0. The zero-order valence-electron chi connectivity index (χ0n) is 17.1. The Kier molecular flexibility index (Phi) is 5.00. The first kappa shape index (κ1) is 18.6. The molecule has 3 fully saturated rings. The predicted octanol–water partition coefficient (Wildman–Crippen LogP) is 3.30. The number of fused-ring (bicyclic) bond motifs is 4. The molecule has 4 aliphatic rings. The Bertz CT molecular complexity index is 874. The quantitative estimate of drug-likeness (QED) is 0.802. The lowest BCUT2D eigenvalue weighted by Gasteiger charge is -2.46. The van der Waals surface area contributed by atoms with E-state index in [1.54, 1.807) is 7.11 Å². The Morgan fingerprint density at radius 2 is 1.97 bits per heavy atom. The molecule has 1 amide bonds. The third kappa shape index (κ3) is 3.52. The van der Waals surface area contributed by atoms with Gasteiger partial charge >= 0.3 is 0 Å². The van der Waals surface area contributed by atoms with Gasteiger partial charge in [-0.15, -0.1) is 0 Å². The van der Waals surface area contributed by atoms with Gasteiger partial charge in [-0.3, -0.25) is 4.79 Å². The predicted molar refractivity (Wildman–Crippen MR) is 112 cm³/mol. The van der Waals surface area contributed by atoms with E-state index >= 15 is 0 Å². The number of hydrogen-bond donors (Lipinski definition) is 0. The molecule has 29 heavy (non-hydrogen) atoms. The molecule has 6 rings (SSSR count). The van der Waals surface area contributed by atoms with Crippen LogP contribution in [-0.2, 0) is 11.2 Å². The number of aromatic nitrogens is 1. The highest BCUT2D eigenvalue weighted by atomic mass is 16.5. The number of methoxy groups -OCH3 is 1. The first-order chi connectivity index (χ1) is 14.2. The van der Waals surface area contributed by atoms with Crippen molar-refractivity contribution in [3.05, 3.63) is 59.3 Å². The Morgan fingerprint density at radius 1 is 1.14 bits per heavy atom. The van der Waals surface area contributed by atoms with E-state index in [-0.39, 0.29) is 6.04 Å². The molecule has 5 nitrogen and oxygen atoms in total. The van der Waals surface area contributed by atoms with Crippen molar-refractivity contribution in [2.45, 2.75) is 31.7 Å². The molecule has 0 saturated carbocycles. The van der Waals surface area contributed by atoms with Crippen molar-refractivity contribution in [3.8, 4) is 5.88 Å². The van der Waals surface area contributed by atoms with E-state index in [1.807, 2.05) is 18.3 Å². The van der Waals surface area contributed by atoms with Crippen molar-refractivity contribution < 1.29 is 9.53 Å². The molecule has 0 unspecified atom stereocenters. The maximum absolute atomic E-state index is 13.5. The van der Waals surface area contributed by atoms with Gasteiger partial charge in [-0.05, 0) is 66.9 Å². The molecule has 3 saturated heterocycles. The fourth-order valence-electron chi connectivity index (χ4n) is 5.53. The molecule has 2 aromatic rings. The molecule has 2 bridgehead atoms. The van der Waals surface area contributed by atoms with Crippen LogP contribution in [0, 0.1) is 11.8 Å². The summed E-state index contributed by atoms with van der Waals surface area (Å²) >= 11 is 0. The molecule has 5 heterocycles. The van der Waals surface area contributed by atoms with Crippen LogP contribution >= 0.6 is 0 Å². The lowest BCUT2D eigenvalue weighted by atomic mass is 9.77. The highest BCUT2D eigenvalue weighted by Gasteiger charge is 2.38. The van der Waals surface area contributed by atoms with Crippen LogP contribution in [0.25, 0.3) is 0 Å². The maximum atomic E-state index is 13.5. The van der Waals surface area contributed by atoms with E-state index in [0.717, 1.165) is 31.0 Å². The minimum absolute atomic E-state index is 0.0630. The van der Waals surface area contributed by atoms with E-state index in [0.29, 0.717) is 24.1 Å². The van der Waals surface area contributed by atoms with Gasteiger partial charge in [-0.1, -0.05) is 24.3 Å². The molecule has 4 aliphatic heterocycles. The van der Waals surface area contributed by atoms with Gasteiger partial charge in [0.1, 0.15) is 0 Å². The number of piperidine rings is 3. The molecule has 5 heteroatoms. The van der Waals surface area contributed by atoms with Crippen molar-refractivity contribution in [2.24, 2.45) is 11.8 Å². The second-order valence-corrected chi connectivity index (χ2v) is 8.67. The minimum Gasteiger partial charge on any atom is -0.481 e. The Balaban J connectivity index is 1.43. The number of amides is 1. The number of pyridine rings is 1. The van der Waals surface area contributed by atoms with Gasteiger partial charge in [0.2, 0.25) is 11.8 Å². The number of nitrogens with zero attached hydrogens (tertiary/aromatic N) is 3. The summed E-state index contributed by atoms with van der Waals surface area (Å²) in [5.41, 5.74) is 3.62. The topological polar surface area (TPSA) is 45.7 Å². The number of carbonyl (C=O) groups is 1. The Hall–Kier alpha value is -2.40. The fourth-order valence-corrected chi connectivity index (χ4v) is 5.53. The van der Waals surface area contributed by atoms with Gasteiger partial charge in [-0.25, -0.2) is 4.98 Å². The molecule has 2 atom stereocenters. The Morgan fingerprint density at radius 3 is 2.66 bits per heavy atom. The standard InChI is InChI=1S/C24H29N3O2/c1-29-22-7-6-19(15-25-22)24-21-5-3-2-4-18(21)10-13-27(24)23(28)14-20-16-26-11-8-17(20)9-12-26/h2-7,15,17,20,24H,8-14,16H2,1H3/t20-,24+/m1/s1. The van der Waals surface area contributed by atoms with Gasteiger partial charge in [0.05, 0.1) is 13.2 Å². The van der Waals surface area contributed by atoms with Crippen molar-refractivity contribution in [1.82, 2.24) is 14.8 Å². The van der Waals surface area contributed by atoms with Crippen molar-refractivity contribution in [3.63, 3.8) is 0 Å². The van der Waals surface area contributed by atoms with E-state index in [2.05, 4.69) is 39.0 Å². The molecule has 152 valence electrons. The SMILES string of the molecule is COc1ccc([C@H]2c3ccccc3CCN2C(=O)C[C@@H]2CN3CCC2CC3)cn1. The largest absolute Gasteiger partial charge is 0.481 e. The zero-order valence-corrected chi connectivity index (χ0v) is 17.1. The van der Waals surface area contributed by atoms with E-state index in [9.17, 15) is 4.79 Å². The summed E-state index contributed by atoms with van der Waals surface area (Å²) in [5.74, 6) is 2.13. The molecule has 0 N–H and O–H groups in total. The molecule has 1 aromatic heterocycles. The molecular formula is C24H29N3O2. The normalized spacial score (nSPS) is 28.1. The second-order valence-electron chi connectivity index (χ2n) is 8.67. The minimum atomic E-state index is -0.0630. The van der Waals surface area contributed by atoms with Gasteiger partial charge in [0.25, 0.3) is 0 Å². The summed E-state index contributed by atoms with van der Waals surface area (Å²) in [7, 11) is 1.63. The number of rotatable bonds is 4. The maximum Gasteiger partial charge on any atom is 0.223 e. The molecule has 0 spiro atoms. The number of benzene rings is 1. The smallest absolute Gasteiger partial charge is 0.223 e. The van der Waals surface area contributed by atoms with Crippen LogP contribution in [0.5, 0.6) is 5.88 Å². The van der Waals surface area contributed by atoms with E-state index < -0.39 is 0 Å². The van der Waals surface area contributed by atoms with Crippen LogP contribution in [0.15, 0.2) is 42.6 Å². The highest BCUT2D eigenvalue weighted by Crippen LogP contribution is 2.38. The van der Waals surface area contributed by atoms with Gasteiger partial charge < -0.3 is 14.5 Å². The zero-order chi connectivity index (χ0) is 19.8. The number of carbonyl (C=O) groups excluding carboxylic acids is 1. The van der Waals surface area contributed by atoms with Crippen LogP contribution in [-0.4, -0.2) is 54.0 Å². The molecule has 0 radical (unpaired) electrons. The molecule has 0 aliphatic carbocycles. The summed E-state index contributed by atoms with van der Waals surface area (Å²) in [4.78, 5) is 22.6. The first-order valence-corrected chi connectivity index (χ1v) is 10.8.